The molecule has 0 radical (unpaired) electrons. The molecule has 1 N–H and O–H groups in total. The zero-order chi connectivity index (χ0) is 16.9. The molecule has 0 atom stereocenters. The summed E-state index contributed by atoms with van der Waals surface area (Å²) >= 11 is 0. The lowest BCUT2D eigenvalue weighted by Gasteiger charge is -2.12. The topological polar surface area (TPSA) is 29.1 Å². The normalized spacial score (nSPS) is 11.3. The number of hydrogen-bond donors (Lipinski definition) is 1. The molecule has 0 aromatic heterocycles. The fourth-order valence-electron chi connectivity index (χ4n) is 2.25. The molecule has 0 heterocycles. The van der Waals surface area contributed by atoms with Gasteiger partial charge < -0.3 is 5.32 Å². The number of carbonyl (C=O) groups is 1. The van der Waals surface area contributed by atoms with Crippen molar-refractivity contribution in [3.05, 3.63) is 59.7 Å². The molecule has 5 heteroatoms. The van der Waals surface area contributed by atoms with Crippen molar-refractivity contribution < 1.29 is 18.0 Å². The van der Waals surface area contributed by atoms with Crippen LogP contribution < -0.4 is 5.32 Å². The molecule has 23 heavy (non-hydrogen) atoms. The Morgan fingerprint density at radius 3 is 2.30 bits per heavy atom. The maximum Gasteiger partial charge on any atom is 0.416 e. The van der Waals surface area contributed by atoms with Gasteiger partial charge in [0.05, 0.1) is 5.56 Å². The number of unbranched alkanes of at least 4 members (excludes halogenated alkanes) is 1. The van der Waals surface area contributed by atoms with Crippen LogP contribution in [-0.2, 0) is 6.18 Å². The summed E-state index contributed by atoms with van der Waals surface area (Å²) in [6.07, 6.45) is -2.51. The van der Waals surface area contributed by atoms with Crippen LogP contribution in [0.5, 0.6) is 0 Å². The lowest BCUT2D eigenvalue weighted by atomic mass is 9.98. The van der Waals surface area contributed by atoms with Crippen molar-refractivity contribution >= 4 is 5.91 Å². The first kappa shape index (κ1) is 17.1. The van der Waals surface area contributed by atoms with E-state index in [2.05, 4.69) is 5.32 Å². The van der Waals surface area contributed by atoms with Crippen molar-refractivity contribution in [2.24, 2.45) is 0 Å². The molecule has 0 aliphatic heterocycles. The molecule has 0 aliphatic rings. The van der Waals surface area contributed by atoms with E-state index in [4.69, 9.17) is 0 Å². The average Bonchev–Trinajstić information content (AvgIpc) is 2.54. The smallest absolute Gasteiger partial charge is 0.352 e. The van der Waals surface area contributed by atoms with Gasteiger partial charge in [-0.3, -0.25) is 4.79 Å². The predicted molar refractivity (Wildman–Crippen MR) is 84.1 cm³/mol. The third-order valence-corrected chi connectivity index (χ3v) is 3.51. The molecule has 0 aliphatic carbocycles. The van der Waals surface area contributed by atoms with Gasteiger partial charge in [0.25, 0.3) is 5.91 Å². The van der Waals surface area contributed by atoms with Crippen molar-refractivity contribution in [1.29, 1.82) is 0 Å². The quantitative estimate of drug-likeness (QED) is 0.780. The van der Waals surface area contributed by atoms with Crippen molar-refractivity contribution in [3.63, 3.8) is 0 Å². The first-order chi connectivity index (χ1) is 10.9. The molecule has 1 amide bonds. The Balaban J connectivity index is 2.28. The summed E-state index contributed by atoms with van der Waals surface area (Å²) in [5.74, 6) is -0.214. The van der Waals surface area contributed by atoms with Crippen LogP contribution in [0.15, 0.2) is 48.5 Å². The van der Waals surface area contributed by atoms with Gasteiger partial charge in [-0.05, 0) is 35.7 Å². The lowest BCUT2D eigenvalue weighted by molar-refractivity contribution is -0.137. The minimum atomic E-state index is -4.37. The number of hydrogen-bond acceptors (Lipinski definition) is 1. The van der Waals surface area contributed by atoms with Crippen molar-refractivity contribution in [1.82, 2.24) is 5.32 Å². The Bertz CT molecular complexity index is 663. The molecule has 0 saturated carbocycles. The Hall–Kier alpha value is -2.30. The number of alkyl halides is 3. The van der Waals surface area contributed by atoms with Crippen LogP contribution in [-0.4, -0.2) is 12.5 Å². The van der Waals surface area contributed by atoms with E-state index in [1.807, 2.05) is 6.92 Å². The zero-order valence-electron chi connectivity index (χ0n) is 12.8. The van der Waals surface area contributed by atoms with E-state index in [0.717, 1.165) is 25.0 Å². The van der Waals surface area contributed by atoms with Crippen LogP contribution in [0.2, 0.25) is 0 Å². The highest BCUT2D eigenvalue weighted by Crippen LogP contribution is 2.31. The van der Waals surface area contributed by atoms with Gasteiger partial charge in [0, 0.05) is 12.1 Å². The van der Waals surface area contributed by atoms with E-state index in [-0.39, 0.29) is 5.91 Å². The highest BCUT2D eigenvalue weighted by molar-refractivity contribution is 6.00. The van der Waals surface area contributed by atoms with Gasteiger partial charge in [0.15, 0.2) is 0 Å². The number of benzene rings is 2. The molecule has 2 rings (SSSR count). The monoisotopic (exact) mass is 321 g/mol. The third kappa shape index (κ3) is 4.34. The standard InChI is InChI=1S/C18H18F3NO/c1-2-3-12-22-17(23)16-7-5-4-6-15(16)13-8-10-14(11-9-13)18(19,20)21/h4-11H,2-3,12H2,1H3,(H,22,23). The maximum absolute atomic E-state index is 12.6. The SMILES string of the molecule is CCCCNC(=O)c1ccccc1-c1ccc(C(F)(F)F)cc1. The Labute approximate surface area is 133 Å². The molecule has 0 bridgehead atoms. The van der Waals surface area contributed by atoms with Crippen LogP contribution in [0, 0.1) is 0 Å². The number of rotatable bonds is 5. The molecule has 0 fully saturated rings. The first-order valence-corrected chi connectivity index (χ1v) is 7.48. The highest BCUT2D eigenvalue weighted by atomic mass is 19.4. The summed E-state index contributed by atoms with van der Waals surface area (Å²) in [6, 6.07) is 11.7. The second-order valence-corrected chi connectivity index (χ2v) is 5.23. The third-order valence-electron chi connectivity index (χ3n) is 3.51. The van der Waals surface area contributed by atoms with Gasteiger partial charge in [0.2, 0.25) is 0 Å². The molecule has 0 unspecified atom stereocenters. The average molecular weight is 321 g/mol. The highest BCUT2D eigenvalue weighted by Gasteiger charge is 2.30. The minimum absolute atomic E-state index is 0.214. The molecular formula is C18H18F3NO. The van der Waals surface area contributed by atoms with Gasteiger partial charge in [-0.15, -0.1) is 0 Å². The van der Waals surface area contributed by atoms with Crippen molar-refractivity contribution in [2.45, 2.75) is 25.9 Å². The fourth-order valence-corrected chi connectivity index (χ4v) is 2.25. The number of amides is 1. The van der Waals surface area contributed by atoms with Gasteiger partial charge in [-0.1, -0.05) is 43.7 Å². The van der Waals surface area contributed by atoms with E-state index >= 15 is 0 Å². The summed E-state index contributed by atoms with van der Waals surface area (Å²) < 4.78 is 37.9. The van der Waals surface area contributed by atoms with Crippen LogP contribution >= 0.6 is 0 Å². The Morgan fingerprint density at radius 1 is 1.04 bits per heavy atom. The second kappa shape index (κ2) is 7.31. The van der Waals surface area contributed by atoms with Crippen LogP contribution in [0.4, 0.5) is 13.2 Å². The van der Waals surface area contributed by atoms with E-state index in [1.165, 1.54) is 12.1 Å². The second-order valence-electron chi connectivity index (χ2n) is 5.23. The number of carbonyl (C=O) groups excluding carboxylic acids is 1. The zero-order valence-corrected chi connectivity index (χ0v) is 12.8. The maximum atomic E-state index is 12.6. The van der Waals surface area contributed by atoms with E-state index in [1.54, 1.807) is 24.3 Å². The fraction of sp³-hybridized carbons (Fsp3) is 0.278. The lowest BCUT2D eigenvalue weighted by Crippen LogP contribution is -2.24. The molecule has 2 aromatic carbocycles. The minimum Gasteiger partial charge on any atom is -0.352 e. The Morgan fingerprint density at radius 2 is 1.70 bits per heavy atom. The largest absolute Gasteiger partial charge is 0.416 e. The van der Waals surface area contributed by atoms with Crippen LogP contribution in [0.25, 0.3) is 11.1 Å². The summed E-state index contributed by atoms with van der Waals surface area (Å²) in [5.41, 5.74) is 0.962. The van der Waals surface area contributed by atoms with Crippen molar-refractivity contribution in [3.8, 4) is 11.1 Å². The molecule has 0 saturated heterocycles. The Kier molecular flexibility index (Phi) is 5.42. The summed E-state index contributed by atoms with van der Waals surface area (Å²) in [7, 11) is 0. The molecule has 2 aromatic rings. The summed E-state index contributed by atoms with van der Waals surface area (Å²) in [5, 5.41) is 2.83. The van der Waals surface area contributed by atoms with E-state index < -0.39 is 11.7 Å². The molecule has 122 valence electrons. The van der Waals surface area contributed by atoms with Gasteiger partial charge in [-0.25, -0.2) is 0 Å². The van der Waals surface area contributed by atoms with E-state index in [0.29, 0.717) is 23.2 Å². The molecule has 0 spiro atoms. The molecular weight excluding hydrogens is 303 g/mol. The van der Waals surface area contributed by atoms with Gasteiger partial charge in [-0.2, -0.15) is 13.2 Å². The summed E-state index contributed by atoms with van der Waals surface area (Å²) in [4.78, 5) is 12.2. The molecule has 2 nitrogen and oxygen atoms in total. The first-order valence-electron chi connectivity index (χ1n) is 7.48. The van der Waals surface area contributed by atoms with Gasteiger partial charge in [0.1, 0.15) is 0 Å². The number of nitrogens with one attached hydrogen (secondary N) is 1. The predicted octanol–water partition coefficient (Wildman–Crippen LogP) is 4.90. The van der Waals surface area contributed by atoms with Crippen LogP contribution in [0.3, 0.4) is 0 Å². The van der Waals surface area contributed by atoms with Crippen molar-refractivity contribution in [2.75, 3.05) is 6.54 Å². The summed E-state index contributed by atoms with van der Waals surface area (Å²) in [6.45, 7) is 2.61. The van der Waals surface area contributed by atoms with Gasteiger partial charge >= 0.3 is 6.18 Å². The van der Waals surface area contributed by atoms with Crippen LogP contribution in [0.1, 0.15) is 35.7 Å². The van der Waals surface area contributed by atoms with E-state index in [9.17, 15) is 18.0 Å². The number of halogens is 3.